The maximum Gasteiger partial charge on any atom is 0.267 e. The van der Waals surface area contributed by atoms with Gasteiger partial charge in [-0.15, -0.1) is 0 Å². The van der Waals surface area contributed by atoms with Crippen LogP contribution in [0.25, 0.3) is 0 Å². The van der Waals surface area contributed by atoms with E-state index in [9.17, 15) is 13.6 Å². The molecule has 0 aliphatic heterocycles. The van der Waals surface area contributed by atoms with E-state index in [1.165, 1.54) is 18.2 Å². The van der Waals surface area contributed by atoms with Crippen LogP contribution in [0.5, 0.6) is 0 Å². The molecule has 0 atom stereocenters. The predicted octanol–water partition coefficient (Wildman–Crippen LogP) is 4.73. The second-order valence-electron chi connectivity index (χ2n) is 4.52. The van der Waals surface area contributed by atoms with Crippen molar-refractivity contribution in [3.8, 4) is 6.07 Å². The molecule has 0 bridgehead atoms. The molecule has 0 spiro atoms. The van der Waals surface area contributed by atoms with E-state index < -0.39 is 17.5 Å². The Labute approximate surface area is 146 Å². The van der Waals surface area contributed by atoms with Crippen LogP contribution in [-0.4, -0.2) is 5.91 Å². The number of nitriles is 1. The molecule has 8 heteroatoms. The predicted molar refractivity (Wildman–Crippen MR) is 88.8 cm³/mol. The topological polar surface area (TPSA) is 64.9 Å². The molecule has 0 aliphatic rings. The molecule has 0 fully saturated rings. The summed E-state index contributed by atoms with van der Waals surface area (Å²) in [7, 11) is 0. The van der Waals surface area contributed by atoms with E-state index in [4.69, 9.17) is 28.5 Å². The fourth-order valence-electron chi connectivity index (χ4n) is 1.69. The van der Waals surface area contributed by atoms with Crippen molar-refractivity contribution < 1.29 is 13.6 Å². The Morgan fingerprint density at radius 1 is 1.12 bits per heavy atom. The molecular formula is C16H9Cl2F2N3O. The van der Waals surface area contributed by atoms with Gasteiger partial charge in [-0.3, -0.25) is 4.79 Å². The van der Waals surface area contributed by atoms with Crippen molar-refractivity contribution in [2.75, 3.05) is 10.6 Å². The number of carbonyl (C=O) groups excluding carboxylic acids is 1. The number of nitrogens with one attached hydrogen (secondary N) is 2. The largest absolute Gasteiger partial charge is 0.358 e. The fourth-order valence-corrected chi connectivity index (χ4v) is 2.14. The summed E-state index contributed by atoms with van der Waals surface area (Å²) in [4.78, 5) is 12.1. The normalized spacial score (nSPS) is 10.9. The van der Waals surface area contributed by atoms with E-state index in [0.717, 1.165) is 24.4 Å². The number of anilines is 2. The highest BCUT2D eigenvalue weighted by Crippen LogP contribution is 2.25. The molecule has 2 N–H and O–H groups in total. The summed E-state index contributed by atoms with van der Waals surface area (Å²) in [5.74, 6) is -2.17. The highest BCUT2D eigenvalue weighted by molar-refractivity contribution is 6.36. The van der Waals surface area contributed by atoms with Gasteiger partial charge in [0.15, 0.2) is 0 Å². The minimum Gasteiger partial charge on any atom is -0.358 e. The summed E-state index contributed by atoms with van der Waals surface area (Å²) in [6.45, 7) is 0. The van der Waals surface area contributed by atoms with Gasteiger partial charge in [0.25, 0.3) is 5.91 Å². The minimum atomic E-state index is -0.772. The Hall–Kier alpha value is -2.62. The zero-order valence-electron chi connectivity index (χ0n) is 11.9. The summed E-state index contributed by atoms with van der Waals surface area (Å²) < 4.78 is 26.6. The Morgan fingerprint density at radius 2 is 1.88 bits per heavy atom. The number of hydrogen-bond acceptors (Lipinski definition) is 3. The van der Waals surface area contributed by atoms with E-state index in [2.05, 4.69) is 10.6 Å². The maximum absolute atomic E-state index is 13.5. The van der Waals surface area contributed by atoms with E-state index in [-0.39, 0.29) is 22.0 Å². The van der Waals surface area contributed by atoms with Crippen molar-refractivity contribution in [2.24, 2.45) is 0 Å². The van der Waals surface area contributed by atoms with E-state index >= 15 is 0 Å². The number of carbonyl (C=O) groups is 1. The number of benzene rings is 2. The molecule has 24 heavy (non-hydrogen) atoms. The molecule has 1 amide bonds. The SMILES string of the molecule is N#C/C(=C/Nc1cc(F)ccc1F)C(=O)Nc1ccc(Cl)cc1Cl. The van der Waals surface area contributed by atoms with Crippen molar-refractivity contribution >= 4 is 40.5 Å². The second-order valence-corrected chi connectivity index (χ2v) is 5.36. The minimum absolute atomic E-state index is 0.192. The lowest BCUT2D eigenvalue weighted by atomic mass is 10.2. The van der Waals surface area contributed by atoms with Gasteiger partial charge < -0.3 is 10.6 Å². The van der Waals surface area contributed by atoms with Gasteiger partial charge in [0.1, 0.15) is 23.3 Å². The smallest absolute Gasteiger partial charge is 0.267 e. The highest BCUT2D eigenvalue weighted by atomic mass is 35.5. The van der Waals surface area contributed by atoms with Gasteiger partial charge in [-0.25, -0.2) is 8.78 Å². The van der Waals surface area contributed by atoms with Crippen molar-refractivity contribution in [1.82, 2.24) is 0 Å². The molecule has 0 aliphatic carbocycles. The molecule has 0 aromatic heterocycles. The standard InChI is InChI=1S/C16H9Cl2F2N3O/c17-10-1-4-14(12(18)5-10)23-16(24)9(7-21)8-22-15-6-11(19)2-3-13(15)20/h1-6,8,22H,(H,23,24)/b9-8-. The summed E-state index contributed by atoms with van der Waals surface area (Å²) in [5, 5.41) is 14.4. The van der Waals surface area contributed by atoms with Crippen LogP contribution in [0.1, 0.15) is 0 Å². The third-order valence-electron chi connectivity index (χ3n) is 2.84. The number of hydrogen-bond donors (Lipinski definition) is 2. The Balaban J connectivity index is 2.16. The lowest BCUT2D eigenvalue weighted by Crippen LogP contribution is -2.15. The van der Waals surface area contributed by atoms with Crippen LogP contribution in [0.2, 0.25) is 10.0 Å². The molecule has 2 aromatic rings. The molecule has 2 aromatic carbocycles. The second kappa shape index (κ2) is 7.77. The fraction of sp³-hybridized carbons (Fsp3) is 0. The average molecular weight is 368 g/mol. The first-order chi connectivity index (χ1) is 11.4. The highest BCUT2D eigenvalue weighted by Gasteiger charge is 2.12. The van der Waals surface area contributed by atoms with E-state index in [0.29, 0.717) is 5.02 Å². The molecule has 4 nitrogen and oxygen atoms in total. The average Bonchev–Trinajstić information content (AvgIpc) is 2.54. The summed E-state index contributed by atoms with van der Waals surface area (Å²) in [5.41, 5.74) is -0.311. The van der Waals surface area contributed by atoms with Crippen LogP contribution in [0, 0.1) is 23.0 Å². The molecule has 0 unspecified atom stereocenters. The van der Waals surface area contributed by atoms with Crippen molar-refractivity contribution in [3.63, 3.8) is 0 Å². The van der Waals surface area contributed by atoms with Gasteiger partial charge in [0.05, 0.1) is 16.4 Å². The van der Waals surface area contributed by atoms with Gasteiger partial charge in [0.2, 0.25) is 0 Å². The van der Waals surface area contributed by atoms with Crippen LogP contribution in [0.4, 0.5) is 20.2 Å². The third-order valence-corrected chi connectivity index (χ3v) is 3.39. The van der Waals surface area contributed by atoms with E-state index in [1.54, 1.807) is 6.07 Å². The van der Waals surface area contributed by atoms with E-state index in [1.807, 2.05) is 0 Å². The lowest BCUT2D eigenvalue weighted by Gasteiger charge is -2.07. The third kappa shape index (κ3) is 4.44. The molecule has 2 rings (SSSR count). The molecular weight excluding hydrogens is 359 g/mol. The van der Waals surface area contributed by atoms with Crippen molar-refractivity contribution in [2.45, 2.75) is 0 Å². The quantitative estimate of drug-likeness (QED) is 0.606. The Morgan fingerprint density at radius 3 is 2.54 bits per heavy atom. The lowest BCUT2D eigenvalue weighted by molar-refractivity contribution is -0.112. The first-order valence-corrected chi connectivity index (χ1v) is 7.24. The zero-order chi connectivity index (χ0) is 17.7. The number of rotatable bonds is 4. The van der Waals surface area contributed by atoms with Gasteiger partial charge >= 0.3 is 0 Å². The first kappa shape index (κ1) is 17.7. The number of nitrogens with zero attached hydrogens (tertiary/aromatic N) is 1. The summed E-state index contributed by atoms with van der Waals surface area (Å²) in [6.07, 6.45) is 0.969. The van der Waals surface area contributed by atoms with Gasteiger partial charge in [-0.1, -0.05) is 23.2 Å². The van der Waals surface area contributed by atoms with Crippen LogP contribution < -0.4 is 10.6 Å². The summed E-state index contributed by atoms with van der Waals surface area (Å²) >= 11 is 11.7. The molecule has 0 saturated carbocycles. The molecule has 0 saturated heterocycles. The number of halogens is 4. The van der Waals surface area contributed by atoms with Crippen molar-refractivity contribution in [1.29, 1.82) is 5.26 Å². The van der Waals surface area contributed by atoms with Crippen LogP contribution >= 0.6 is 23.2 Å². The maximum atomic E-state index is 13.5. The van der Waals surface area contributed by atoms with Crippen molar-refractivity contribution in [3.05, 3.63) is 69.9 Å². The molecule has 0 heterocycles. The van der Waals surface area contributed by atoms with Gasteiger partial charge in [-0.2, -0.15) is 5.26 Å². The summed E-state index contributed by atoms with van der Waals surface area (Å²) in [6, 6.07) is 8.83. The first-order valence-electron chi connectivity index (χ1n) is 6.49. The van der Waals surface area contributed by atoms with Crippen LogP contribution in [-0.2, 0) is 4.79 Å². The van der Waals surface area contributed by atoms with Gasteiger partial charge in [-0.05, 0) is 30.3 Å². The molecule has 0 radical (unpaired) electrons. The number of amides is 1. The van der Waals surface area contributed by atoms with Crippen LogP contribution in [0.15, 0.2) is 48.2 Å². The monoisotopic (exact) mass is 367 g/mol. The zero-order valence-corrected chi connectivity index (χ0v) is 13.4. The van der Waals surface area contributed by atoms with Gasteiger partial charge in [0, 0.05) is 17.3 Å². The Bertz CT molecular complexity index is 863. The molecule has 122 valence electrons. The van der Waals surface area contributed by atoms with Crippen LogP contribution in [0.3, 0.4) is 0 Å². The Kier molecular flexibility index (Phi) is 5.74.